The molecule has 2 aliphatic rings. The number of likely N-dealkylation sites (tertiary alicyclic amines) is 1. The molecule has 0 radical (unpaired) electrons. The van der Waals surface area contributed by atoms with Gasteiger partial charge in [-0.05, 0) is 43.5 Å². The number of amides is 2. The van der Waals surface area contributed by atoms with Crippen LogP contribution in [-0.2, 0) is 4.79 Å². The summed E-state index contributed by atoms with van der Waals surface area (Å²) in [7, 11) is 0. The first-order chi connectivity index (χ1) is 14.6. The Labute approximate surface area is 184 Å². The molecule has 6 heteroatoms. The van der Waals surface area contributed by atoms with Gasteiger partial charge in [-0.1, -0.05) is 45.4 Å². The summed E-state index contributed by atoms with van der Waals surface area (Å²) in [5.41, 5.74) is 0.538. The van der Waals surface area contributed by atoms with Gasteiger partial charge in [0.1, 0.15) is 5.82 Å². The van der Waals surface area contributed by atoms with Crippen LogP contribution in [0, 0.1) is 5.82 Å². The maximum atomic E-state index is 13.2. The molecule has 2 aliphatic heterocycles. The quantitative estimate of drug-likeness (QED) is 0.484. The number of benzene rings is 1. The van der Waals surface area contributed by atoms with Gasteiger partial charge >= 0.3 is 0 Å². The average Bonchev–Trinajstić information content (AvgIpc) is 3.16. The van der Waals surface area contributed by atoms with Gasteiger partial charge in [-0.15, -0.1) is 11.8 Å². The molecule has 0 unspecified atom stereocenters. The summed E-state index contributed by atoms with van der Waals surface area (Å²) in [6.07, 6.45) is 10.8. The zero-order chi connectivity index (χ0) is 21.4. The zero-order valence-corrected chi connectivity index (χ0v) is 19.0. The number of rotatable bonds is 9. The van der Waals surface area contributed by atoms with Crippen LogP contribution in [0.5, 0.6) is 0 Å². The van der Waals surface area contributed by atoms with E-state index in [9.17, 15) is 14.0 Å². The third-order valence-electron chi connectivity index (χ3n) is 6.41. The number of piperidine rings is 1. The third kappa shape index (κ3) is 5.77. The van der Waals surface area contributed by atoms with Gasteiger partial charge in [0.25, 0.3) is 5.91 Å². The van der Waals surface area contributed by atoms with Crippen LogP contribution in [0.2, 0.25) is 0 Å². The standard InChI is InChI=1S/C24H35FN2O2S/c1-2-3-4-5-6-7-8-9-22(28)26-16-14-24(15-17-26)27(18-19-30-24)23(29)20-10-12-21(25)13-11-20/h10-13H,2-9,14-19H2,1H3. The second kappa shape index (κ2) is 11.2. The number of halogens is 1. The molecule has 0 atom stereocenters. The maximum absolute atomic E-state index is 13.2. The molecule has 0 N–H and O–H groups in total. The Morgan fingerprint density at radius 1 is 0.967 bits per heavy atom. The molecule has 0 aromatic heterocycles. The Balaban J connectivity index is 1.45. The summed E-state index contributed by atoms with van der Waals surface area (Å²) < 4.78 is 13.2. The molecule has 2 amide bonds. The lowest BCUT2D eigenvalue weighted by atomic mass is 10.00. The van der Waals surface area contributed by atoms with Crippen LogP contribution in [0.25, 0.3) is 0 Å². The van der Waals surface area contributed by atoms with Crippen molar-refractivity contribution >= 4 is 23.6 Å². The lowest BCUT2D eigenvalue weighted by Gasteiger charge is -2.44. The van der Waals surface area contributed by atoms with Crippen molar-refractivity contribution in [1.82, 2.24) is 9.80 Å². The van der Waals surface area contributed by atoms with E-state index in [4.69, 9.17) is 0 Å². The van der Waals surface area contributed by atoms with Crippen molar-refractivity contribution in [1.29, 1.82) is 0 Å². The van der Waals surface area contributed by atoms with Gasteiger partial charge < -0.3 is 9.80 Å². The number of nitrogens with zero attached hydrogens (tertiary/aromatic N) is 2. The highest BCUT2D eigenvalue weighted by Gasteiger charge is 2.46. The highest BCUT2D eigenvalue weighted by Crippen LogP contribution is 2.44. The van der Waals surface area contributed by atoms with Crippen LogP contribution < -0.4 is 0 Å². The lowest BCUT2D eigenvalue weighted by Crippen LogP contribution is -2.53. The van der Waals surface area contributed by atoms with E-state index in [1.165, 1.54) is 44.2 Å². The molecule has 0 bridgehead atoms. The minimum Gasteiger partial charge on any atom is -0.342 e. The predicted octanol–water partition coefficient (Wildman–Crippen LogP) is 5.47. The molecule has 0 saturated carbocycles. The Morgan fingerprint density at radius 3 is 2.27 bits per heavy atom. The van der Waals surface area contributed by atoms with E-state index < -0.39 is 0 Å². The second-order valence-electron chi connectivity index (χ2n) is 8.51. The minimum absolute atomic E-state index is 0.0251. The highest BCUT2D eigenvalue weighted by molar-refractivity contribution is 8.00. The van der Waals surface area contributed by atoms with Gasteiger partial charge in [0, 0.05) is 37.4 Å². The largest absolute Gasteiger partial charge is 0.342 e. The molecule has 1 spiro atoms. The van der Waals surface area contributed by atoms with Crippen LogP contribution in [0.4, 0.5) is 4.39 Å². The van der Waals surface area contributed by atoms with Crippen molar-refractivity contribution < 1.29 is 14.0 Å². The molecule has 3 rings (SSSR count). The molecule has 1 aromatic rings. The number of hydrogen-bond acceptors (Lipinski definition) is 3. The number of hydrogen-bond donors (Lipinski definition) is 0. The number of unbranched alkanes of at least 4 members (excludes halogenated alkanes) is 6. The monoisotopic (exact) mass is 434 g/mol. The minimum atomic E-state index is -0.329. The highest BCUT2D eigenvalue weighted by atomic mass is 32.2. The van der Waals surface area contributed by atoms with E-state index in [0.29, 0.717) is 18.5 Å². The van der Waals surface area contributed by atoms with Crippen molar-refractivity contribution in [3.8, 4) is 0 Å². The fraction of sp³-hybridized carbons (Fsp3) is 0.667. The first-order valence-electron chi connectivity index (χ1n) is 11.5. The van der Waals surface area contributed by atoms with Crippen LogP contribution in [0.1, 0.15) is 81.5 Å². The topological polar surface area (TPSA) is 40.6 Å². The van der Waals surface area contributed by atoms with Crippen LogP contribution in [0.15, 0.2) is 24.3 Å². The Bertz CT molecular complexity index is 702. The van der Waals surface area contributed by atoms with Crippen molar-refractivity contribution in [2.24, 2.45) is 0 Å². The normalized spacial score (nSPS) is 18.2. The molecular weight excluding hydrogens is 399 g/mol. The second-order valence-corrected chi connectivity index (χ2v) is 9.97. The van der Waals surface area contributed by atoms with Crippen molar-refractivity contribution in [3.63, 3.8) is 0 Å². The summed E-state index contributed by atoms with van der Waals surface area (Å²) in [5.74, 6) is 0.823. The molecule has 1 aromatic carbocycles. The molecule has 2 fully saturated rings. The summed E-state index contributed by atoms with van der Waals surface area (Å²) in [5, 5.41) is 0. The fourth-order valence-electron chi connectivity index (χ4n) is 4.55. The van der Waals surface area contributed by atoms with E-state index in [0.717, 1.165) is 44.5 Å². The molecule has 4 nitrogen and oxygen atoms in total. The van der Waals surface area contributed by atoms with Crippen LogP contribution >= 0.6 is 11.8 Å². The molecule has 166 valence electrons. The van der Waals surface area contributed by atoms with E-state index in [-0.39, 0.29) is 22.5 Å². The van der Waals surface area contributed by atoms with Gasteiger partial charge in [-0.2, -0.15) is 0 Å². The summed E-state index contributed by atoms with van der Waals surface area (Å²) in [4.78, 5) is 29.4. The van der Waals surface area contributed by atoms with Crippen LogP contribution in [-0.4, -0.2) is 51.9 Å². The van der Waals surface area contributed by atoms with Crippen LogP contribution in [0.3, 0.4) is 0 Å². The van der Waals surface area contributed by atoms with Gasteiger partial charge in [-0.25, -0.2) is 4.39 Å². The van der Waals surface area contributed by atoms with E-state index in [2.05, 4.69) is 6.92 Å². The smallest absolute Gasteiger partial charge is 0.254 e. The number of carbonyl (C=O) groups excluding carboxylic acids is 2. The Hall–Kier alpha value is -1.56. The van der Waals surface area contributed by atoms with Gasteiger partial charge in [-0.3, -0.25) is 9.59 Å². The first-order valence-corrected chi connectivity index (χ1v) is 12.5. The molecule has 0 aliphatic carbocycles. The Morgan fingerprint density at radius 2 is 1.60 bits per heavy atom. The summed E-state index contributed by atoms with van der Waals surface area (Å²) >= 11 is 1.84. The van der Waals surface area contributed by atoms with Crippen molar-refractivity contribution in [2.45, 2.75) is 76.0 Å². The van der Waals surface area contributed by atoms with Gasteiger partial charge in [0.05, 0.1) is 4.87 Å². The number of carbonyl (C=O) groups is 2. The molecule has 30 heavy (non-hydrogen) atoms. The zero-order valence-electron chi connectivity index (χ0n) is 18.2. The summed E-state index contributed by atoms with van der Waals surface area (Å²) in [6, 6.07) is 5.81. The Kier molecular flexibility index (Phi) is 8.61. The predicted molar refractivity (Wildman–Crippen MR) is 121 cm³/mol. The lowest BCUT2D eigenvalue weighted by molar-refractivity contribution is -0.132. The summed E-state index contributed by atoms with van der Waals surface area (Å²) in [6.45, 7) is 4.38. The van der Waals surface area contributed by atoms with E-state index in [1.54, 1.807) is 12.1 Å². The van der Waals surface area contributed by atoms with Crippen molar-refractivity contribution in [3.05, 3.63) is 35.6 Å². The first kappa shape index (κ1) is 23.1. The molecule has 2 heterocycles. The molecule has 2 saturated heterocycles. The fourth-order valence-corrected chi connectivity index (χ4v) is 6.01. The molecular formula is C24H35FN2O2S. The number of thioether (sulfide) groups is 1. The average molecular weight is 435 g/mol. The third-order valence-corrected chi connectivity index (χ3v) is 7.96. The van der Waals surface area contributed by atoms with Gasteiger partial charge in [0.15, 0.2) is 0 Å². The maximum Gasteiger partial charge on any atom is 0.254 e. The van der Waals surface area contributed by atoms with E-state index in [1.807, 2.05) is 21.6 Å². The van der Waals surface area contributed by atoms with Gasteiger partial charge in [0.2, 0.25) is 5.91 Å². The van der Waals surface area contributed by atoms with E-state index >= 15 is 0 Å². The SMILES string of the molecule is CCCCCCCCCC(=O)N1CCC2(CC1)SCCN2C(=O)c1ccc(F)cc1. The van der Waals surface area contributed by atoms with Crippen molar-refractivity contribution in [2.75, 3.05) is 25.4 Å².